The Balaban J connectivity index is 1.42. The van der Waals surface area contributed by atoms with E-state index in [9.17, 15) is 18.0 Å². The molecule has 0 saturated heterocycles. The maximum absolute atomic E-state index is 13.0. The molecule has 2 amide bonds. The van der Waals surface area contributed by atoms with Crippen LogP contribution in [0.4, 0.5) is 5.82 Å². The number of rotatable bonds is 11. The van der Waals surface area contributed by atoms with Crippen LogP contribution in [0, 0.1) is 0 Å². The number of carbonyl (C=O) groups is 2. The standard InChI is InChI=1S/C27H26N4O6S2/c1-18(2)37-23-13-21(12-22(14-23)36-10-7-19-8-11-38-17-19)26(32)30-25-6-5-20(15-29-25)27(33)31-39(34,35)24-4-3-9-28-16-24/h3-6,8-9,11-18H,7,10H2,1-2H3,(H,31,33)(H,29,30,32). The van der Waals surface area contributed by atoms with E-state index in [-0.39, 0.29) is 22.4 Å². The van der Waals surface area contributed by atoms with Crippen LogP contribution in [0.15, 0.2) is 82.8 Å². The molecule has 12 heteroatoms. The molecule has 10 nitrogen and oxygen atoms in total. The Morgan fingerprint density at radius 1 is 1.00 bits per heavy atom. The highest BCUT2D eigenvalue weighted by Crippen LogP contribution is 2.25. The average molecular weight is 567 g/mol. The lowest BCUT2D eigenvalue weighted by Crippen LogP contribution is -2.30. The minimum atomic E-state index is -4.09. The third kappa shape index (κ3) is 7.85. The number of aromatic nitrogens is 2. The summed E-state index contributed by atoms with van der Waals surface area (Å²) in [5.41, 5.74) is 1.46. The largest absolute Gasteiger partial charge is 0.493 e. The van der Waals surface area contributed by atoms with Crippen molar-refractivity contribution in [2.24, 2.45) is 0 Å². The Kier molecular flexibility index (Phi) is 8.89. The van der Waals surface area contributed by atoms with E-state index in [1.54, 1.807) is 29.5 Å². The number of hydrogen-bond donors (Lipinski definition) is 2. The summed E-state index contributed by atoms with van der Waals surface area (Å²) in [5.74, 6) is -0.189. The summed E-state index contributed by atoms with van der Waals surface area (Å²) in [6, 6.07) is 12.5. The van der Waals surface area contributed by atoms with Gasteiger partial charge in [0.05, 0.1) is 18.3 Å². The summed E-state index contributed by atoms with van der Waals surface area (Å²) >= 11 is 1.62. The monoisotopic (exact) mass is 566 g/mol. The Bertz CT molecular complexity index is 1520. The molecule has 0 fully saturated rings. The number of benzene rings is 1. The molecule has 0 spiro atoms. The third-order valence-electron chi connectivity index (χ3n) is 5.19. The van der Waals surface area contributed by atoms with Gasteiger partial charge >= 0.3 is 0 Å². The van der Waals surface area contributed by atoms with Gasteiger partial charge in [-0.2, -0.15) is 11.3 Å². The van der Waals surface area contributed by atoms with E-state index < -0.39 is 21.8 Å². The summed E-state index contributed by atoms with van der Waals surface area (Å²) in [6.07, 6.45) is 4.35. The van der Waals surface area contributed by atoms with Crippen LogP contribution in [-0.4, -0.2) is 42.9 Å². The zero-order valence-corrected chi connectivity index (χ0v) is 22.8. The van der Waals surface area contributed by atoms with Crippen LogP contribution in [-0.2, 0) is 16.4 Å². The predicted octanol–water partition coefficient (Wildman–Crippen LogP) is 4.32. The van der Waals surface area contributed by atoms with Crippen LogP contribution in [0.2, 0.25) is 0 Å². The fraction of sp³-hybridized carbons (Fsp3) is 0.185. The van der Waals surface area contributed by atoms with Gasteiger partial charge in [0, 0.05) is 36.6 Å². The normalized spacial score (nSPS) is 11.2. The summed E-state index contributed by atoms with van der Waals surface area (Å²) in [6.45, 7) is 4.20. The Labute approximate surface area is 230 Å². The van der Waals surface area contributed by atoms with Gasteiger partial charge in [-0.1, -0.05) is 0 Å². The second-order valence-corrected chi connectivity index (χ2v) is 11.1. The van der Waals surface area contributed by atoms with Crippen LogP contribution in [0.5, 0.6) is 11.5 Å². The summed E-state index contributed by atoms with van der Waals surface area (Å²) in [7, 11) is -4.09. The lowest BCUT2D eigenvalue weighted by atomic mass is 10.1. The zero-order valence-electron chi connectivity index (χ0n) is 21.2. The second kappa shape index (κ2) is 12.5. The first-order chi connectivity index (χ1) is 18.7. The van der Waals surface area contributed by atoms with E-state index in [0.717, 1.165) is 12.6 Å². The molecule has 202 valence electrons. The van der Waals surface area contributed by atoms with Gasteiger partial charge in [0.1, 0.15) is 22.2 Å². The topological polar surface area (TPSA) is 137 Å². The number of sulfonamides is 1. The number of nitrogens with one attached hydrogen (secondary N) is 2. The average Bonchev–Trinajstić information content (AvgIpc) is 3.42. The number of nitrogens with zero attached hydrogens (tertiary/aromatic N) is 2. The van der Waals surface area contributed by atoms with Gasteiger partial charge in [-0.25, -0.2) is 18.1 Å². The van der Waals surface area contributed by atoms with Crippen molar-refractivity contribution in [3.8, 4) is 11.5 Å². The number of hydrogen-bond acceptors (Lipinski definition) is 9. The van der Waals surface area contributed by atoms with E-state index in [0.29, 0.717) is 23.7 Å². The molecule has 0 saturated carbocycles. The molecule has 0 unspecified atom stereocenters. The molecule has 0 aliphatic rings. The van der Waals surface area contributed by atoms with Crippen LogP contribution in [0.1, 0.15) is 40.1 Å². The number of amides is 2. The highest BCUT2D eigenvalue weighted by molar-refractivity contribution is 7.90. The van der Waals surface area contributed by atoms with Crippen molar-refractivity contribution in [2.45, 2.75) is 31.3 Å². The molecule has 0 atom stereocenters. The molecule has 4 rings (SSSR count). The summed E-state index contributed by atoms with van der Waals surface area (Å²) < 4.78 is 38.4. The van der Waals surface area contributed by atoms with Crippen LogP contribution in [0.25, 0.3) is 0 Å². The number of pyridine rings is 2. The molecule has 1 aromatic carbocycles. The molecular weight excluding hydrogens is 540 g/mol. The maximum Gasteiger partial charge on any atom is 0.266 e. The van der Waals surface area contributed by atoms with Crippen LogP contribution < -0.4 is 19.5 Å². The highest BCUT2D eigenvalue weighted by Gasteiger charge is 2.19. The smallest absolute Gasteiger partial charge is 0.266 e. The van der Waals surface area contributed by atoms with E-state index in [1.165, 1.54) is 42.2 Å². The first-order valence-electron chi connectivity index (χ1n) is 11.9. The summed E-state index contributed by atoms with van der Waals surface area (Å²) in [5, 5.41) is 6.73. The highest BCUT2D eigenvalue weighted by atomic mass is 32.2. The molecule has 0 bridgehead atoms. The number of ether oxygens (including phenoxy) is 2. The fourth-order valence-corrected chi connectivity index (χ4v) is 5.02. The van der Waals surface area contributed by atoms with Crippen molar-refractivity contribution >= 4 is 39.0 Å². The fourth-order valence-electron chi connectivity index (χ4n) is 3.38. The van der Waals surface area contributed by atoms with Crippen molar-refractivity contribution in [3.05, 3.63) is 94.6 Å². The van der Waals surface area contributed by atoms with Crippen molar-refractivity contribution in [1.29, 1.82) is 0 Å². The number of anilines is 1. The van der Waals surface area contributed by atoms with E-state index >= 15 is 0 Å². The summed E-state index contributed by atoms with van der Waals surface area (Å²) in [4.78, 5) is 33.1. The van der Waals surface area contributed by atoms with Gasteiger partial charge in [0.15, 0.2) is 0 Å². The number of carbonyl (C=O) groups excluding carboxylic acids is 2. The molecule has 2 N–H and O–H groups in total. The molecular formula is C27H26N4O6S2. The van der Waals surface area contributed by atoms with Gasteiger partial charge in [-0.15, -0.1) is 0 Å². The van der Waals surface area contributed by atoms with Crippen LogP contribution in [0.3, 0.4) is 0 Å². The first kappa shape index (κ1) is 27.7. The maximum atomic E-state index is 13.0. The molecule has 0 aliphatic heterocycles. The first-order valence-corrected chi connectivity index (χ1v) is 14.3. The Morgan fingerprint density at radius 2 is 1.82 bits per heavy atom. The predicted molar refractivity (Wildman–Crippen MR) is 147 cm³/mol. The molecule has 3 aromatic heterocycles. The Morgan fingerprint density at radius 3 is 2.49 bits per heavy atom. The van der Waals surface area contributed by atoms with Gasteiger partial charge in [0.25, 0.3) is 21.8 Å². The minimum Gasteiger partial charge on any atom is -0.493 e. The minimum absolute atomic E-state index is 0.00546. The number of thiophene rings is 1. The van der Waals surface area contributed by atoms with Gasteiger partial charge in [-0.05, 0) is 72.6 Å². The molecule has 4 aromatic rings. The van der Waals surface area contributed by atoms with E-state index in [4.69, 9.17) is 9.47 Å². The van der Waals surface area contributed by atoms with Gasteiger partial charge < -0.3 is 14.8 Å². The quantitative estimate of drug-likeness (QED) is 0.274. The van der Waals surface area contributed by atoms with E-state index in [2.05, 4.69) is 20.7 Å². The molecule has 39 heavy (non-hydrogen) atoms. The molecule has 3 heterocycles. The van der Waals surface area contributed by atoms with Crippen LogP contribution >= 0.6 is 11.3 Å². The van der Waals surface area contributed by atoms with E-state index in [1.807, 2.05) is 30.0 Å². The Hall–Kier alpha value is -4.29. The van der Waals surface area contributed by atoms with Crippen molar-refractivity contribution in [1.82, 2.24) is 14.7 Å². The molecule has 0 radical (unpaired) electrons. The lowest BCUT2D eigenvalue weighted by molar-refractivity contribution is 0.0980. The third-order valence-corrected chi connectivity index (χ3v) is 7.24. The molecule has 0 aliphatic carbocycles. The van der Waals surface area contributed by atoms with Gasteiger partial charge in [-0.3, -0.25) is 14.6 Å². The zero-order chi connectivity index (χ0) is 27.8. The van der Waals surface area contributed by atoms with Crippen molar-refractivity contribution < 1.29 is 27.5 Å². The lowest BCUT2D eigenvalue weighted by Gasteiger charge is -2.14. The van der Waals surface area contributed by atoms with Crippen molar-refractivity contribution in [3.63, 3.8) is 0 Å². The van der Waals surface area contributed by atoms with Gasteiger partial charge in [0.2, 0.25) is 0 Å². The second-order valence-electron chi connectivity index (χ2n) is 8.60. The SMILES string of the molecule is CC(C)Oc1cc(OCCc2ccsc2)cc(C(=O)Nc2ccc(C(=O)NS(=O)(=O)c3cccnc3)cn2)c1. The van der Waals surface area contributed by atoms with Crippen molar-refractivity contribution in [2.75, 3.05) is 11.9 Å².